The van der Waals surface area contributed by atoms with Gasteiger partial charge >= 0.3 is 0 Å². The number of rotatable bonds is 6. The van der Waals surface area contributed by atoms with E-state index in [0.29, 0.717) is 6.61 Å². The van der Waals surface area contributed by atoms with Gasteiger partial charge in [0.15, 0.2) is 0 Å². The van der Waals surface area contributed by atoms with Crippen molar-refractivity contribution < 1.29 is 14.4 Å². The number of hydrogen-bond acceptors (Lipinski definition) is 3. The van der Waals surface area contributed by atoms with Crippen molar-refractivity contribution >= 4 is 16.7 Å². The number of methoxy groups -OCH3 is 1. The summed E-state index contributed by atoms with van der Waals surface area (Å²) in [5.41, 5.74) is 4.49. The van der Waals surface area contributed by atoms with Crippen molar-refractivity contribution in [2.45, 2.75) is 19.4 Å². The van der Waals surface area contributed by atoms with Crippen molar-refractivity contribution in [1.82, 2.24) is 5.48 Å². The van der Waals surface area contributed by atoms with Crippen LogP contribution < -0.4 is 10.2 Å². The third-order valence-corrected chi connectivity index (χ3v) is 4.22. The fourth-order valence-corrected chi connectivity index (χ4v) is 2.64. The summed E-state index contributed by atoms with van der Waals surface area (Å²) >= 11 is 0. The van der Waals surface area contributed by atoms with Gasteiger partial charge in [0.2, 0.25) is 0 Å². The Balaban J connectivity index is 1.64. The van der Waals surface area contributed by atoms with E-state index in [4.69, 9.17) is 9.57 Å². The molecule has 3 aromatic carbocycles. The molecule has 0 heterocycles. The Morgan fingerprint density at radius 2 is 1.72 bits per heavy atom. The number of benzene rings is 3. The standard InChI is InChI=1S/C21H21NO3/c1-15(21(23)22-25-14-16-6-4-3-5-7-16)17-8-9-19-13-20(24-2)11-10-18(19)12-17/h3-13,15H,14H2,1-2H3,(H,22,23)/t15-/m0/s1. The molecular formula is C21H21NO3. The maximum absolute atomic E-state index is 12.3. The number of nitrogens with one attached hydrogen (secondary N) is 1. The van der Waals surface area contributed by atoms with Gasteiger partial charge in [-0.1, -0.05) is 54.6 Å². The van der Waals surface area contributed by atoms with Crippen LogP contribution in [0.25, 0.3) is 10.8 Å². The summed E-state index contributed by atoms with van der Waals surface area (Å²) in [6.07, 6.45) is 0. The highest BCUT2D eigenvalue weighted by atomic mass is 16.6. The Bertz CT molecular complexity index is 861. The first-order chi connectivity index (χ1) is 12.2. The minimum Gasteiger partial charge on any atom is -0.497 e. The molecule has 0 aliphatic rings. The first-order valence-electron chi connectivity index (χ1n) is 8.20. The van der Waals surface area contributed by atoms with Crippen LogP contribution >= 0.6 is 0 Å². The zero-order chi connectivity index (χ0) is 17.6. The molecule has 3 aromatic rings. The molecule has 0 saturated carbocycles. The molecule has 0 fully saturated rings. The smallest absolute Gasteiger partial charge is 0.250 e. The average Bonchev–Trinajstić information content (AvgIpc) is 2.67. The van der Waals surface area contributed by atoms with E-state index in [1.165, 1.54) is 0 Å². The Kier molecular flexibility index (Phi) is 5.31. The molecule has 3 rings (SSSR count). The number of fused-ring (bicyclic) bond motifs is 1. The van der Waals surface area contributed by atoms with Crippen molar-refractivity contribution in [1.29, 1.82) is 0 Å². The molecule has 4 heteroatoms. The van der Waals surface area contributed by atoms with Gasteiger partial charge in [-0.15, -0.1) is 0 Å². The van der Waals surface area contributed by atoms with Crippen LogP contribution in [-0.4, -0.2) is 13.0 Å². The molecule has 1 amide bonds. The van der Waals surface area contributed by atoms with E-state index in [2.05, 4.69) is 5.48 Å². The number of carbonyl (C=O) groups excluding carboxylic acids is 1. The second-order valence-electron chi connectivity index (χ2n) is 5.93. The number of hydroxylamine groups is 1. The fourth-order valence-electron chi connectivity index (χ4n) is 2.64. The molecule has 128 valence electrons. The number of hydrogen-bond donors (Lipinski definition) is 1. The Morgan fingerprint density at radius 1 is 1.00 bits per heavy atom. The van der Waals surface area contributed by atoms with Crippen LogP contribution in [0, 0.1) is 0 Å². The van der Waals surface area contributed by atoms with Crippen LogP contribution in [0.3, 0.4) is 0 Å². The average molecular weight is 335 g/mol. The van der Waals surface area contributed by atoms with E-state index in [9.17, 15) is 4.79 Å². The van der Waals surface area contributed by atoms with Crippen molar-refractivity contribution in [3.8, 4) is 5.75 Å². The van der Waals surface area contributed by atoms with E-state index in [1.807, 2.05) is 73.7 Å². The quantitative estimate of drug-likeness (QED) is 0.687. The minimum absolute atomic E-state index is 0.163. The van der Waals surface area contributed by atoms with Gasteiger partial charge in [-0.05, 0) is 41.0 Å². The maximum atomic E-state index is 12.3. The van der Waals surface area contributed by atoms with Crippen LogP contribution in [0.15, 0.2) is 66.7 Å². The molecular weight excluding hydrogens is 314 g/mol. The molecule has 0 aromatic heterocycles. The maximum Gasteiger partial charge on any atom is 0.250 e. The lowest BCUT2D eigenvalue weighted by Gasteiger charge is -2.13. The Hall–Kier alpha value is -2.85. The molecule has 0 spiro atoms. The summed E-state index contributed by atoms with van der Waals surface area (Å²) in [5.74, 6) is 0.353. The second kappa shape index (κ2) is 7.81. The van der Waals surface area contributed by atoms with Gasteiger partial charge in [-0.3, -0.25) is 9.63 Å². The number of amides is 1. The van der Waals surface area contributed by atoms with Crippen LogP contribution in [0.2, 0.25) is 0 Å². The lowest BCUT2D eigenvalue weighted by molar-refractivity contribution is -0.135. The fraction of sp³-hybridized carbons (Fsp3) is 0.190. The predicted octanol–water partition coefficient (Wildman–Crippen LogP) is 4.20. The lowest BCUT2D eigenvalue weighted by Crippen LogP contribution is -2.28. The normalized spacial score (nSPS) is 11.9. The molecule has 0 aliphatic carbocycles. The molecule has 0 bridgehead atoms. The predicted molar refractivity (Wildman–Crippen MR) is 98.3 cm³/mol. The summed E-state index contributed by atoms with van der Waals surface area (Å²) in [5, 5.41) is 2.15. The zero-order valence-corrected chi connectivity index (χ0v) is 14.4. The van der Waals surface area contributed by atoms with Gasteiger partial charge < -0.3 is 4.74 Å². The van der Waals surface area contributed by atoms with E-state index in [1.54, 1.807) is 7.11 Å². The topological polar surface area (TPSA) is 47.6 Å². The largest absolute Gasteiger partial charge is 0.497 e. The summed E-state index contributed by atoms with van der Waals surface area (Å²) in [6.45, 7) is 2.21. The van der Waals surface area contributed by atoms with Crippen molar-refractivity contribution in [3.05, 3.63) is 77.9 Å². The zero-order valence-electron chi connectivity index (χ0n) is 14.4. The van der Waals surface area contributed by atoms with Crippen LogP contribution in [0.1, 0.15) is 24.0 Å². The van der Waals surface area contributed by atoms with Crippen LogP contribution in [0.4, 0.5) is 0 Å². The highest BCUT2D eigenvalue weighted by Gasteiger charge is 2.15. The molecule has 25 heavy (non-hydrogen) atoms. The van der Waals surface area contributed by atoms with E-state index in [0.717, 1.165) is 27.6 Å². The second-order valence-corrected chi connectivity index (χ2v) is 5.93. The van der Waals surface area contributed by atoms with Gasteiger partial charge in [0.05, 0.1) is 19.6 Å². The molecule has 1 atom stereocenters. The summed E-state index contributed by atoms with van der Waals surface area (Å²) in [4.78, 5) is 17.6. The summed E-state index contributed by atoms with van der Waals surface area (Å²) in [6, 6.07) is 21.6. The first kappa shape index (κ1) is 17.0. The Labute approximate surface area is 147 Å². The van der Waals surface area contributed by atoms with E-state index < -0.39 is 0 Å². The van der Waals surface area contributed by atoms with Gasteiger partial charge in [0.25, 0.3) is 5.91 Å². The van der Waals surface area contributed by atoms with Crippen molar-refractivity contribution in [3.63, 3.8) is 0 Å². The van der Waals surface area contributed by atoms with Gasteiger partial charge in [-0.25, -0.2) is 5.48 Å². The van der Waals surface area contributed by atoms with E-state index in [-0.39, 0.29) is 11.8 Å². The van der Waals surface area contributed by atoms with Gasteiger partial charge in [-0.2, -0.15) is 0 Å². The Morgan fingerprint density at radius 3 is 2.48 bits per heavy atom. The molecule has 0 radical (unpaired) electrons. The van der Waals surface area contributed by atoms with Crippen molar-refractivity contribution in [2.24, 2.45) is 0 Å². The van der Waals surface area contributed by atoms with Gasteiger partial charge in [0.1, 0.15) is 5.75 Å². The summed E-state index contributed by atoms with van der Waals surface area (Å²) < 4.78 is 5.24. The minimum atomic E-state index is -0.303. The first-order valence-corrected chi connectivity index (χ1v) is 8.20. The highest BCUT2D eigenvalue weighted by Crippen LogP contribution is 2.25. The monoisotopic (exact) mass is 335 g/mol. The van der Waals surface area contributed by atoms with E-state index >= 15 is 0 Å². The van der Waals surface area contributed by atoms with Crippen LogP contribution in [0.5, 0.6) is 5.75 Å². The number of carbonyl (C=O) groups is 1. The summed E-state index contributed by atoms with van der Waals surface area (Å²) in [7, 11) is 1.65. The molecule has 0 saturated heterocycles. The highest BCUT2D eigenvalue weighted by molar-refractivity contribution is 5.88. The SMILES string of the molecule is COc1ccc2cc([C@H](C)C(=O)NOCc3ccccc3)ccc2c1. The number of ether oxygens (including phenoxy) is 1. The van der Waals surface area contributed by atoms with Crippen LogP contribution in [-0.2, 0) is 16.2 Å². The van der Waals surface area contributed by atoms with Gasteiger partial charge in [0, 0.05) is 0 Å². The molecule has 0 unspecified atom stereocenters. The molecule has 1 N–H and O–H groups in total. The molecule has 4 nitrogen and oxygen atoms in total. The van der Waals surface area contributed by atoms with Crippen molar-refractivity contribution in [2.75, 3.05) is 7.11 Å². The third kappa shape index (κ3) is 4.17. The molecule has 0 aliphatic heterocycles. The lowest BCUT2D eigenvalue weighted by atomic mass is 9.97. The third-order valence-electron chi connectivity index (χ3n) is 4.22.